The van der Waals surface area contributed by atoms with Crippen molar-refractivity contribution >= 4 is 50.9 Å². The smallest absolute Gasteiger partial charge is 0.304 e. The van der Waals surface area contributed by atoms with E-state index in [1.165, 1.54) is 31.1 Å². The predicted molar refractivity (Wildman–Crippen MR) is 168 cm³/mol. The quantitative estimate of drug-likeness (QED) is 0.283. The van der Waals surface area contributed by atoms with Crippen LogP contribution in [0, 0.1) is 5.82 Å². The molecule has 0 aromatic heterocycles. The van der Waals surface area contributed by atoms with E-state index in [-0.39, 0.29) is 30.6 Å². The molecule has 0 aliphatic heterocycles. The highest BCUT2D eigenvalue weighted by Gasteiger charge is 2.36. The molecule has 8 nitrogen and oxygen atoms in total. The normalized spacial score (nSPS) is 14.5. The molecule has 12 heteroatoms. The first kappa shape index (κ1) is 32.7. The summed E-state index contributed by atoms with van der Waals surface area (Å²) in [5.41, 5.74) is 1.33. The molecule has 0 spiro atoms. The van der Waals surface area contributed by atoms with E-state index in [0.717, 1.165) is 52.0 Å². The third-order valence-corrected chi connectivity index (χ3v) is 10.0. The Morgan fingerprint density at radius 3 is 2.12 bits per heavy atom. The molecule has 230 valence electrons. The maximum absolute atomic E-state index is 14.3. The summed E-state index contributed by atoms with van der Waals surface area (Å²) in [5.74, 6) is -1.57. The largest absolute Gasteiger partial charge is 0.352 e. The van der Waals surface area contributed by atoms with E-state index in [2.05, 4.69) is 5.32 Å². The molecule has 1 saturated carbocycles. The van der Waals surface area contributed by atoms with E-state index >= 15 is 0 Å². The highest BCUT2D eigenvalue weighted by Crippen LogP contribution is 2.29. The van der Waals surface area contributed by atoms with Crippen molar-refractivity contribution in [2.75, 3.05) is 24.9 Å². The maximum atomic E-state index is 14.3. The van der Waals surface area contributed by atoms with E-state index in [0.29, 0.717) is 15.6 Å². The first-order chi connectivity index (χ1) is 20.5. The third-order valence-electron chi connectivity index (χ3n) is 7.50. The Balaban J connectivity index is 1.78. The SMILES string of the molecule is CN(C)S(=O)(=O)N(CC(=O)N(Cc1c(Cl)cccc1Cl)[C@H](Cc1ccccc1)C(=O)NC1CCCC1)c1ccc(F)cc1. The van der Waals surface area contributed by atoms with Gasteiger partial charge in [0.25, 0.3) is 0 Å². The topological polar surface area (TPSA) is 90.0 Å². The second-order valence-electron chi connectivity index (χ2n) is 10.7. The van der Waals surface area contributed by atoms with Crippen LogP contribution in [0.25, 0.3) is 0 Å². The first-order valence-corrected chi connectivity index (χ1v) is 16.1. The van der Waals surface area contributed by atoms with Crippen LogP contribution in [-0.4, -0.2) is 62.2 Å². The summed E-state index contributed by atoms with van der Waals surface area (Å²) in [6.07, 6.45) is 3.85. The van der Waals surface area contributed by atoms with Crippen molar-refractivity contribution in [3.05, 3.63) is 99.8 Å². The van der Waals surface area contributed by atoms with Gasteiger partial charge in [-0.15, -0.1) is 0 Å². The Bertz CT molecular complexity index is 1500. The summed E-state index contributed by atoms with van der Waals surface area (Å²) in [5, 5.41) is 3.71. The number of carbonyl (C=O) groups is 2. The van der Waals surface area contributed by atoms with E-state index < -0.39 is 34.5 Å². The number of nitrogens with zero attached hydrogens (tertiary/aromatic N) is 3. The van der Waals surface area contributed by atoms with Gasteiger partial charge in [0.15, 0.2) is 0 Å². The molecule has 1 fully saturated rings. The van der Waals surface area contributed by atoms with E-state index in [1.54, 1.807) is 18.2 Å². The fourth-order valence-electron chi connectivity index (χ4n) is 5.10. The van der Waals surface area contributed by atoms with Crippen LogP contribution >= 0.6 is 23.2 Å². The highest BCUT2D eigenvalue weighted by molar-refractivity contribution is 7.90. The molecule has 1 atom stereocenters. The van der Waals surface area contributed by atoms with Crippen LogP contribution in [0.3, 0.4) is 0 Å². The molecule has 1 N–H and O–H groups in total. The zero-order valence-electron chi connectivity index (χ0n) is 24.0. The van der Waals surface area contributed by atoms with Gasteiger partial charge in [-0.1, -0.05) is 72.4 Å². The molecule has 0 saturated heterocycles. The lowest BCUT2D eigenvalue weighted by molar-refractivity contribution is -0.140. The van der Waals surface area contributed by atoms with Crippen molar-refractivity contribution in [2.24, 2.45) is 0 Å². The number of benzene rings is 3. The second kappa shape index (κ2) is 14.5. The molecule has 0 unspecified atom stereocenters. The number of hydrogen-bond acceptors (Lipinski definition) is 4. The molecule has 1 aliphatic rings. The van der Waals surface area contributed by atoms with Crippen LogP contribution in [0.5, 0.6) is 0 Å². The third kappa shape index (κ3) is 8.26. The average Bonchev–Trinajstić information content (AvgIpc) is 3.49. The minimum Gasteiger partial charge on any atom is -0.352 e. The van der Waals surface area contributed by atoms with Crippen molar-refractivity contribution < 1.29 is 22.4 Å². The van der Waals surface area contributed by atoms with Crippen LogP contribution in [0.15, 0.2) is 72.8 Å². The molecule has 3 aromatic rings. The number of amides is 2. The molecule has 0 heterocycles. The fraction of sp³-hybridized carbons (Fsp3) is 0.355. The Labute approximate surface area is 262 Å². The summed E-state index contributed by atoms with van der Waals surface area (Å²) in [6.45, 7) is -0.803. The van der Waals surface area contributed by atoms with Crippen LogP contribution in [0.2, 0.25) is 10.0 Å². The Hall–Kier alpha value is -3.18. The van der Waals surface area contributed by atoms with Gasteiger partial charge in [0, 0.05) is 48.7 Å². The number of rotatable bonds is 12. The Morgan fingerprint density at radius 1 is 0.930 bits per heavy atom. The summed E-state index contributed by atoms with van der Waals surface area (Å²) >= 11 is 13.0. The van der Waals surface area contributed by atoms with Gasteiger partial charge in [-0.25, -0.2) is 8.70 Å². The lowest BCUT2D eigenvalue weighted by Gasteiger charge is -2.35. The molecule has 4 rings (SSSR count). The lowest BCUT2D eigenvalue weighted by Crippen LogP contribution is -2.55. The molecule has 3 aromatic carbocycles. The molecule has 43 heavy (non-hydrogen) atoms. The maximum Gasteiger partial charge on any atom is 0.304 e. The van der Waals surface area contributed by atoms with Gasteiger partial charge in [-0.3, -0.25) is 9.59 Å². The molecule has 0 radical (unpaired) electrons. The Morgan fingerprint density at radius 2 is 1.53 bits per heavy atom. The van der Waals surface area contributed by atoms with Gasteiger partial charge in [-0.2, -0.15) is 12.7 Å². The van der Waals surface area contributed by atoms with Crippen LogP contribution < -0.4 is 9.62 Å². The second-order valence-corrected chi connectivity index (χ2v) is 13.6. The van der Waals surface area contributed by atoms with Gasteiger partial charge in [0.1, 0.15) is 18.4 Å². The molecular formula is C31H35Cl2FN4O4S. The van der Waals surface area contributed by atoms with Crippen LogP contribution in [0.4, 0.5) is 10.1 Å². The lowest BCUT2D eigenvalue weighted by atomic mass is 10.0. The van der Waals surface area contributed by atoms with Crippen molar-refractivity contribution in [3.63, 3.8) is 0 Å². The highest BCUT2D eigenvalue weighted by atomic mass is 35.5. The van der Waals surface area contributed by atoms with Gasteiger partial charge in [0.2, 0.25) is 11.8 Å². The van der Waals surface area contributed by atoms with Crippen LogP contribution in [0.1, 0.15) is 36.8 Å². The summed E-state index contributed by atoms with van der Waals surface area (Å²) in [7, 11) is -1.53. The zero-order valence-corrected chi connectivity index (χ0v) is 26.4. The monoisotopic (exact) mass is 648 g/mol. The van der Waals surface area contributed by atoms with Gasteiger partial charge in [-0.05, 0) is 54.8 Å². The van der Waals surface area contributed by atoms with Crippen LogP contribution in [-0.2, 0) is 32.8 Å². The number of anilines is 1. The van der Waals surface area contributed by atoms with Gasteiger partial charge >= 0.3 is 10.2 Å². The van der Waals surface area contributed by atoms with E-state index in [9.17, 15) is 22.4 Å². The minimum absolute atomic E-state index is 0.0172. The van der Waals surface area contributed by atoms with Crippen molar-refractivity contribution in [2.45, 2.75) is 50.7 Å². The number of hydrogen-bond donors (Lipinski definition) is 1. The van der Waals surface area contributed by atoms with Gasteiger partial charge in [0.05, 0.1) is 5.69 Å². The molecule has 0 bridgehead atoms. The average molecular weight is 650 g/mol. The number of halogens is 3. The van der Waals surface area contributed by atoms with Crippen molar-refractivity contribution in [3.8, 4) is 0 Å². The van der Waals surface area contributed by atoms with Gasteiger partial charge < -0.3 is 10.2 Å². The van der Waals surface area contributed by atoms with Crippen molar-refractivity contribution in [1.82, 2.24) is 14.5 Å². The zero-order chi connectivity index (χ0) is 31.1. The molecule has 1 aliphatic carbocycles. The van der Waals surface area contributed by atoms with E-state index in [1.807, 2.05) is 30.3 Å². The van der Waals surface area contributed by atoms with Crippen molar-refractivity contribution in [1.29, 1.82) is 0 Å². The fourth-order valence-corrected chi connectivity index (χ4v) is 6.67. The summed E-state index contributed by atoms with van der Waals surface area (Å²) in [6, 6.07) is 18.0. The summed E-state index contributed by atoms with van der Waals surface area (Å²) in [4.78, 5) is 29.6. The predicted octanol–water partition coefficient (Wildman–Crippen LogP) is 5.44. The standard InChI is InChI=1S/C31H35Cl2FN4O4S/c1-36(2)43(41,42)38(25-17-15-23(34)16-18-25)21-30(39)37(20-26-27(32)13-8-14-28(26)33)29(19-22-9-4-3-5-10-22)31(40)35-24-11-6-7-12-24/h3-5,8-10,13-18,24,29H,6-7,11-12,19-21H2,1-2H3,(H,35,40)/t29-/m1/s1. The van der Waals surface area contributed by atoms with E-state index in [4.69, 9.17) is 23.2 Å². The first-order valence-electron chi connectivity index (χ1n) is 14.0. The Kier molecular flexibility index (Phi) is 11.1. The number of carbonyl (C=O) groups excluding carboxylic acids is 2. The summed E-state index contributed by atoms with van der Waals surface area (Å²) < 4.78 is 42.5. The molecular weight excluding hydrogens is 614 g/mol. The minimum atomic E-state index is -4.20. The molecule has 2 amide bonds. The number of nitrogens with one attached hydrogen (secondary N) is 1.